The Balaban J connectivity index is 1.44. The SMILES string of the molecule is CC(=O)O[C@H]1CC[C@@]2(C)[C@@H](CC(=O)[C@@H]3[C@@H]2CC[C@]2(C)[C@@H]([C@H](C)CCC(O[Si](C)(C)C(C)(C)C)C(C)C)CC[C@@H]32)C1. The second kappa shape index (κ2) is 11.4. The molecule has 0 aromatic heterocycles. The van der Waals surface area contributed by atoms with Crippen molar-refractivity contribution in [1.82, 2.24) is 0 Å². The molecule has 0 saturated heterocycles. The van der Waals surface area contributed by atoms with E-state index in [1.54, 1.807) is 0 Å². The topological polar surface area (TPSA) is 52.6 Å². The van der Waals surface area contributed by atoms with Crippen LogP contribution in [0.15, 0.2) is 0 Å². The summed E-state index contributed by atoms with van der Waals surface area (Å²) in [4.78, 5) is 25.5. The molecular weight excluding hydrogens is 512 g/mol. The van der Waals surface area contributed by atoms with Crippen LogP contribution < -0.4 is 0 Å². The van der Waals surface area contributed by atoms with E-state index in [9.17, 15) is 9.59 Å². The molecule has 0 amide bonds. The molecule has 230 valence electrons. The Morgan fingerprint density at radius 1 is 0.975 bits per heavy atom. The van der Waals surface area contributed by atoms with Gasteiger partial charge in [-0.1, -0.05) is 55.4 Å². The molecule has 0 aliphatic heterocycles. The average Bonchev–Trinajstić information content (AvgIpc) is 3.18. The summed E-state index contributed by atoms with van der Waals surface area (Å²) in [6.45, 7) is 25.5. The van der Waals surface area contributed by atoms with Gasteiger partial charge in [-0.05, 0) is 122 Å². The van der Waals surface area contributed by atoms with E-state index in [4.69, 9.17) is 9.16 Å². The van der Waals surface area contributed by atoms with Crippen LogP contribution in [-0.4, -0.2) is 32.3 Å². The third kappa shape index (κ3) is 5.90. The Bertz CT molecular complexity index is 936. The maximum atomic E-state index is 13.9. The number of Topliss-reactive ketones (excluding diaryl/α,β-unsaturated/α-hetero) is 1. The Kier molecular flexibility index (Phi) is 9.21. The van der Waals surface area contributed by atoms with Crippen LogP contribution in [-0.2, 0) is 18.8 Å². The van der Waals surface area contributed by atoms with Gasteiger partial charge in [-0.15, -0.1) is 0 Å². The Hall–Kier alpha value is -0.683. The minimum atomic E-state index is -1.80. The van der Waals surface area contributed by atoms with Crippen molar-refractivity contribution < 1.29 is 18.8 Å². The molecule has 0 aromatic carbocycles. The normalized spacial score (nSPS) is 39.8. The summed E-state index contributed by atoms with van der Waals surface area (Å²) in [6.07, 6.45) is 11.3. The zero-order chi connectivity index (χ0) is 29.8. The standard InChI is InChI=1S/C35H62O4Si/c1-22(2)31(39-40(10,11)33(5,6)7)15-12-23(3)27-13-14-28-32-29(17-19-35(27,28)9)34(8)18-16-26(38-24(4)36)20-25(34)21-30(32)37/h22-23,25-29,31-32H,12-21H2,1-11H3/t23-,25-,26+,27-,28+,29+,31?,32+,34+,35-/m1/s1. The molecule has 0 bridgehead atoms. The van der Waals surface area contributed by atoms with Crippen LogP contribution in [0.1, 0.15) is 127 Å². The van der Waals surface area contributed by atoms with Crippen LogP contribution in [0, 0.1) is 52.3 Å². The number of hydrogen-bond donors (Lipinski definition) is 0. The molecule has 10 atom stereocenters. The van der Waals surface area contributed by atoms with Crippen molar-refractivity contribution in [2.24, 2.45) is 52.3 Å². The van der Waals surface area contributed by atoms with Crippen LogP contribution in [0.3, 0.4) is 0 Å². The van der Waals surface area contributed by atoms with Crippen molar-refractivity contribution in [3.63, 3.8) is 0 Å². The number of hydrogen-bond acceptors (Lipinski definition) is 4. The van der Waals surface area contributed by atoms with Crippen LogP contribution in [0.2, 0.25) is 18.1 Å². The van der Waals surface area contributed by atoms with Crippen molar-refractivity contribution in [3.8, 4) is 0 Å². The summed E-state index contributed by atoms with van der Waals surface area (Å²) < 4.78 is 12.6. The maximum absolute atomic E-state index is 13.9. The highest BCUT2D eigenvalue weighted by Gasteiger charge is 2.63. The third-order valence-electron chi connectivity index (χ3n) is 13.4. The van der Waals surface area contributed by atoms with Gasteiger partial charge in [-0.2, -0.15) is 0 Å². The van der Waals surface area contributed by atoms with E-state index in [1.165, 1.54) is 39.0 Å². The number of esters is 1. The van der Waals surface area contributed by atoms with E-state index in [2.05, 4.69) is 68.5 Å². The fraction of sp³-hybridized carbons (Fsp3) is 0.943. The lowest BCUT2D eigenvalue weighted by Crippen LogP contribution is -2.57. The van der Waals surface area contributed by atoms with E-state index in [1.807, 2.05) is 0 Å². The highest BCUT2D eigenvalue weighted by atomic mass is 28.4. The first-order valence-electron chi connectivity index (χ1n) is 16.8. The molecule has 4 rings (SSSR count). The monoisotopic (exact) mass is 574 g/mol. The van der Waals surface area contributed by atoms with Crippen LogP contribution >= 0.6 is 0 Å². The minimum Gasteiger partial charge on any atom is -0.463 e. The highest BCUT2D eigenvalue weighted by molar-refractivity contribution is 6.74. The molecule has 40 heavy (non-hydrogen) atoms. The molecule has 4 aliphatic carbocycles. The predicted octanol–water partition coefficient (Wildman–Crippen LogP) is 9.22. The van der Waals surface area contributed by atoms with E-state index in [-0.39, 0.29) is 33.9 Å². The lowest BCUT2D eigenvalue weighted by atomic mass is 9.44. The number of ether oxygens (including phenoxy) is 1. The molecule has 5 heteroatoms. The van der Waals surface area contributed by atoms with Crippen molar-refractivity contribution in [2.45, 2.75) is 157 Å². The number of carbonyl (C=O) groups excluding carboxylic acids is 2. The van der Waals surface area contributed by atoms with Gasteiger partial charge in [-0.3, -0.25) is 9.59 Å². The van der Waals surface area contributed by atoms with Gasteiger partial charge < -0.3 is 9.16 Å². The second-order valence-corrected chi connectivity index (χ2v) is 21.8. The van der Waals surface area contributed by atoms with E-state index in [0.717, 1.165) is 25.7 Å². The molecular formula is C35H62O4Si. The first-order chi connectivity index (χ1) is 18.4. The molecule has 1 unspecified atom stereocenters. The van der Waals surface area contributed by atoms with Gasteiger partial charge >= 0.3 is 5.97 Å². The number of carbonyl (C=O) groups is 2. The molecule has 4 nitrogen and oxygen atoms in total. The number of rotatable bonds is 8. The van der Waals surface area contributed by atoms with Gasteiger partial charge in [-0.25, -0.2) is 0 Å². The summed E-state index contributed by atoms with van der Waals surface area (Å²) in [6, 6.07) is 0. The fourth-order valence-electron chi connectivity index (χ4n) is 9.92. The molecule has 4 saturated carbocycles. The zero-order valence-corrected chi connectivity index (χ0v) is 28.9. The Morgan fingerprint density at radius 3 is 2.20 bits per heavy atom. The minimum absolute atomic E-state index is 0.000719. The summed E-state index contributed by atoms with van der Waals surface area (Å²) in [5, 5.41) is 0.235. The fourth-order valence-corrected chi connectivity index (χ4v) is 11.4. The van der Waals surface area contributed by atoms with Gasteiger partial charge in [0.1, 0.15) is 11.9 Å². The molecule has 0 N–H and O–H groups in total. The highest BCUT2D eigenvalue weighted by Crippen LogP contribution is 2.67. The lowest BCUT2D eigenvalue weighted by Gasteiger charge is -2.60. The van der Waals surface area contributed by atoms with Crippen LogP contribution in [0.25, 0.3) is 0 Å². The molecule has 0 heterocycles. The van der Waals surface area contributed by atoms with Crippen LogP contribution in [0.5, 0.6) is 0 Å². The van der Waals surface area contributed by atoms with Gasteiger partial charge in [0.25, 0.3) is 0 Å². The third-order valence-corrected chi connectivity index (χ3v) is 17.9. The molecule has 0 aromatic rings. The lowest BCUT2D eigenvalue weighted by molar-refractivity contribution is -0.168. The predicted molar refractivity (Wildman–Crippen MR) is 166 cm³/mol. The molecule has 4 aliphatic rings. The summed E-state index contributed by atoms with van der Waals surface area (Å²) in [5.74, 6) is 3.91. The van der Waals surface area contributed by atoms with E-state index < -0.39 is 8.32 Å². The zero-order valence-electron chi connectivity index (χ0n) is 27.9. The number of fused-ring (bicyclic) bond motifs is 5. The molecule has 0 spiro atoms. The second-order valence-electron chi connectivity index (χ2n) is 17.1. The average molecular weight is 575 g/mol. The smallest absolute Gasteiger partial charge is 0.302 e. The van der Waals surface area contributed by atoms with Crippen molar-refractivity contribution in [2.75, 3.05) is 0 Å². The summed E-state index contributed by atoms with van der Waals surface area (Å²) in [5.41, 5.74) is 0.494. The van der Waals surface area contributed by atoms with Gasteiger partial charge in [0.2, 0.25) is 0 Å². The van der Waals surface area contributed by atoms with Crippen molar-refractivity contribution in [3.05, 3.63) is 0 Å². The van der Waals surface area contributed by atoms with Gasteiger partial charge in [0.05, 0.1) is 0 Å². The Labute approximate surface area is 247 Å². The quantitative estimate of drug-likeness (QED) is 0.214. The Morgan fingerprint density at radius 2 is 1.60 bits per heavy atom. The van der Waals surface area contributed by atoms with Gasteiger partial charge in [0, 0.05) is 25.4 Å². The summed E-state index contributed by atoms with van der Waals surface area (Å²) in [7, 11) is -1.80. The van der Waals surface area contributed by atoms with E-state index >= 15 is 0 Å². The first-order valence-corrected chi connectivity index (χ1v) is 19.7. The van der Waals surface area contributed by atoms with Crippen molar-refractivity contribution in [1.29, 1.82) is 0 Å². The number of ketones is 1. The first kappa shape index (κ1) is 32.2. The van der Waals surface area contributed by atoms with Crippen molar-refractivity contribution >= 4 is 20.1 Å². The van der Waals surface area contributed by atoms with E-state index in [0.29, 0.717) is 53.8 Å². The summed E-state index contributed by atoms with van der Waals surface area (Å²) >= 11 is 0. The maximum Gasteiger partial charge on any atom is 0.302 e. The molecule has 0 radical (unpaired) electrons. The van der Waals surface area contributed by atoms with Gasteiger partial charge in [0.15, 0.2) is 8.32 Å². The largest absolute Gasteiger partial charge is 0.463 e. The molecule has 4 fully saturated rings. The van der Waals surface area contributed by atoms with Crippen LogP contribution in [0.4, 0.5) is 0 Å².